The molecule has 3 N–H and O–H groups in total. The lowest BCUT2D eigenvalue weighted by molar-refractivity contribution is -0.121. The monoisotopic (exact) mass is 286 g/mol. The van der Waals surface area contributed by atoms with Crippen LogP contribution in [0, 0.1) is 6.92 Å². The van der Waals surface area contributed by atoms with Crippen LogP contribution >= 0.6 is 0 Å². The van der Waals surface area contributed by atoms with Crippen molar-refractivity contribution in [3.63, 3.8) is 0 Å². The zero-order valence-corrected chi connectivity index (χ0v) is 11.2. The van der Waals surface area contributed by atoms with Gasteiger partial charge in [-0.1, -0.05) is 13.0 Å². The van der Waals surface area contributed by atoms with Crippen molar-refractivity contribution < 1.29 is 23.1 Å². The quantitative estimate of drug-likeness (QED) is 0.679. The zero-order chi connectivity index (χ0) is 14.6. The van der Waals surface area contributed by atoms with Crippen molar-refractivity contribution in [2.75, 3.05) is 0 Å². The molecule has 0 aliphatic rings. The molecule has 1 aromatic carbocycles. The predicted molar refractivity (Wildman–Crippen MR) is 66.9 cm³/mol. The molecule has 1 amide bonds. The Morgan fingerprint density at radius 1 is 1.32 bits per heavy atom. The van der Waals surface area contributed by atoms with Crippen LogP contribution in [0.5, 0.6) is 0 Å². The molecule has 0 heterocycles. The highest BCUT2D eigenvalue weighted by atomic mass is 32.2. The summed E-state index contributed by atoms with van der Waals surface area (Å²) >= 11 is 0. The fraction of sp³-hybridized carbons (Fsp3) is 0.273. The highest BCUT2D eigenvalue weighted by molar-refractivity contribution is 7.89. The molecule has 0 aliphatic heterocycles. The molecule has 0 spiro atoms. The molecule has 0 saturated heterocycles. The zero-order valence-electron chi connectivity index (χ0n) is 10.4. The maximum absolute atomic E-state index is 11.9. The number of nitrogens with one attached hydrogen (secondary N) is 2. The molecule has 0 saturated carbocycles. The topological polar surface area (TPSA) is 113 Å². The number of aromatic carboxylic acids is 1. The van der Waals surface area contributed by atoms with Gasteiger partial charge in [-0.15, -0.1) is 4.83 Å². The van der Waals surface area contributed by atoms with Crippen molar-refractivity contribution >= 4 is 21.9 Å². The second-order valence-corrected chi connectivity index (χ2v) is 5.44. The van der Waals surface area contributed by atoms with Gasteiger partial charge in [0.15, 0.2) is 0 Å². The summed E-state index contributed by atoms with van der Waals surface area (Å²) in [6.45, 7) is 3.10. The van der Waals surface area contributed by atoms with Crippen molar-refractivity contribution in [1.29, 1.82) is 0 Å². The van der Waals surface area contributed by atoms with E-state index in [0.717, 1.165) is 6.07 Å². The lowest BCUT2D eigenvalue weighted by atomic mass is 10.1. The minimum atomic E-state index is -4.00. The SMILES string of the molecule is CCC(=O)NNS(=O)(=O)c1cc(C(=O)O)ccc1C. The Bertz CT molecular complexity index is 610. The van der Waals surface area contributed by atoms with Gasteiger partial charge in [-0.3, -0.25) is 10.2 Å². The van der Waals surface area contributed by atoms with E-state index >= 15 is 0 Å². The summed E-state index contributed by atoms with van der Waals surface area (Å²) in [4.78, 5) is 23.6. The van der Waals surface area contributed by atoms with E-state index < -0.39 is 21.9 Å². The molecule has 0 unspecified atom stereocenters. The first kappa shape index (κ1) is 15.1. The van der Waals surface area contributed by atoms with Gasteiger partial charge in [-0.05, 0) is 24.6 Å². The molecule has 19 heavy (non-hydrogen) atoms. The summed E-state index contributed by atoms with van der Waals surface area (Å²) < 4.78 is 23.9. The third-order valence-electron chi connectivity index (χ3n) is 2.37. The molecular weight excluding hydrogens is 272 g/mol. The molecule has 0 radical (unpaired) electrons. The number of carbonyl (C=O) groups excluding carboxylic acids is 1. The highest BCUT2D eigenvalue weighted by Crippen LogP contribution is 2.16. The number of carboxylic acids is 1. The Hall–Kier alpha value is -1.93. The van der Waals surface area contributed by atoms with E-state index in [1.807, 2.05) is 10.3 Å². The number of amides is 1. The van der Waals surface area contributed by atoms with Crippen molar-refractivity contribution in [3.8, 4) is 0 Å². The van der Waals surface area contributed by atoms with Gasteiger partial charge in [-0.2, -0.15) is 0 Å². The molecule has 8 heteroatoms. The average Bonchev–Trinajstić information content (AvgIpc) is 2.36. The van der Waals surface area contributed by atoms with Crippen LogP contribution in [0.1, 0.15) is 29.3 Å². The first-order valence-electron chi connectivity index (χ1n) is 5.42. The van der Waals surface area contributed by atoms with Crippen molar-refractivity contribution in [1.82, 2.24) is 10.3 Å². The Morgan fingerprint density at radius 2 is 1.95 bits per heavy atom. The average molecular weight is 286 g/mol. The maximum Gasteiger partial charge on any atom is 0.335 e. The fourth-order valence-corrected chi connectivity index (χ4v) is 2.42. The normalized spacial score (nSPS) is 11.1. The van der Waals surface area contributed by atoms with Crippen molar-refractivity contribution in [2.24, 2.45) is 0 Å². The lowest BCUT2D eigenvalue weighted by Crippen LogP contribution is -2.41. The molecule has 7 nitrogen and oxygen atoms in total. The molecule has 0 fully saturated rings. The third kappa shape index (κ3) is 3.76. The van der Waals surface area contributed by atoms with Crippen LogP contribution in [-0.2, 0) is 14.8 Å². The summed E-state index contributed by atoms with van der Waals surface area (Å²) in [5.41, 5.74) is 2.26. The van der Waals surface area contributed by atoms with Gasteiger partial charge in [0, 0.05) is 6.42 Å². The molecule has 0 bridgehead atoms. The largest absolute Gasteiger partial charge is 0.478 e. The lowest BCUT2D eigenvalue weighted by Gasteiger charge is -2.10. The van der Waals surface area contributed by atoms with E-state index in [2.05, 4.69) is 0 Å². The van der Waals surface area contributed by atoms with Gasteiger partial charge in [0.25, 0.3) is 10.0 Å². The highest BCUT2D eigenvalue weighted by Gasteiger charge is 2.19. The minimum Gasteiger partial charge on any atom is -0.478 e. The molecule has 0 aromatic heterocycles. The Labute approximate surface area is 110 Å². The van der Waals surface area contributed by atoms with Gasteiger partial charge < -0.3 is 5.11 Å². The molecule has 0 aliphatic carbocycles. The van der Waals surface area contributed by atoms with Crippen LogP contribution in [0.3, 0.4) is 0 Å². The van der Waals surface area contributed by atoms with Crippen LogP contribution in [0.2, 0.25) is 0 Å². The Morgan fingerprint density at radius 3 is 2.47 bits per heavy atom. The molecule has 104 valence electrons. The molecule has 1 rings (SSSR count). The Balaban J connectivity index is 3.10. The summed E-state index contributed by atoms with van der Waals surface area (Å²) in [6.07, 6.45) is 0.122. The summed E-state index contributed by atoms with van der Waals surface area (Å²) in [6, 6.07) is 3.74. The van der Waals surface area contributed by atoms with Gasteiger partial charge in [0.1, 0.15) is 0 Å². The van der Waals surface area contributed by atoms with Crippen molar-refractivity contribution in [2.45, 2.75) is 25.2 Å². The number of hydrogen-bond donors (Lipinski definition) is 3. The summed E-state index contributed by atoms with van der Waals surface area (Å²) in [5.74, 6) is -1.72. The smallest absolute Gasteiger partial charge is 0.335 e. The van der Waals surface area contributed by atoms with Crippen molar-refractivity contribution in [3.05, 3.63) is 29.3 Å². The number of carbonyl (C=O) groups is 2. The molecule has 0 atom stereocenters. The predicted octanol–water partition coefficient (Wildman–Crippen LogP) is 0.413. The van der Waals surface area contributed by atoms with Gasteiger partial charge >= 0.3 is 5.97 Å². The van der Waals surface area contributed by atoms with Gasteiger partial charge in [0.05, 0.1) is 10.5 Å². The first-order chi connectivity index (χ1) is 8.77. The van der Waals surface area contributed by atoms with Crippen LogP contribution in [-0.4, -0.2) is 25.4 Å². The van der Waals surface area contributed by atoms with Crippen LogP contribution < -0.4 is 10.3 Å². The first-order valence-corrected chi connectivity index (χ1v) is 6.91. The molecular formula is C11H14N2O5S. The number of hydrogen-bond acceptors (Lipinski definition) is 4. The van der Waals surface area contributed by atoms with Crippen LogP contribution in [0.25, 0.3) is 0 Å². The van der Waals surface area contributed by atoms with E-state index in [-0.39, 0.29) is 16.9 Å². The standard InChI is InChI=1S/C11H14N2O5S/c1-3-10(14)12-13-19(17,18)9-6-8(11(15)16)5-4-7(9)2/h4-6,13H,3H2,1-2H3,(H,12,14)(H,15,16). The number of hydrazine groups is 1. The number of benzene rings is 1. The van der Waals surface area contributed by atoms with Gasteiger partial charge in [-0.25, -0.2) is 13.2 Å². The van der Waals surface area contributed by atoms with Gasteiger partial charge in [0.2, 0.25) is 5.91 Å². The third-order valence-corrected chi connectivity index (χ3v) is 3.76. The second kappa shape index (κ2) is 5.81. The van der Waals surface area contributed by atoms with E-state index in [1.54, 1.807) is 6.92 Å². The number of rotatable bonds is 5. The van der Waals surface area contributed by atoms with E-state index in [1.165, 1.54) is 19.1 Å². The summed E-state index contributed by atoms with van der Waals surface area (Å²) in [7, 11) is -4.00. The Kier molecular flexibility index (Phi) is 4.62. The van der Waals surface area contributed by atoms with E-state index in [4.69, 9.17) is 5.11 Å². The number of aryl methyl sites for hydroxylation is 1. The minimum absolute atomic E-state index is 0.122. The van der Waals surface area contributed by atoms with E-state index in [0.29, 0.717) is 5.56 Å². The number of sulfonamides is 1. The summed E-state index contributed by atoms with van der Waals surface area (Å²) in [5, 5.41) is 8.84. The fourth-order valence-electron chi connectivity index (χ4n) is 1.29. The number of carboxylic acid groups (broad SMARTS) is 1. The van der Waals surface area contributed by atoms with Crippen LogP contribution in [0.15, 0.2) is 23.1 Å². The maximum atomic E-state index is 11.9. The van der Waals surface area contributed by atoms with E-state index in [9.17, 15) is 18.0 Å². The van der Waals surface area contributed by atoms with Crippen LogP contribution in [0.4, 0.5) is 0 Å². The second-order valence-electron chi connectivity index (χ2n) is 3.79. The molecule has 1 aromatic rings.